The predicted molar refractivity (Wildman–Crippen MR) is 87.4 cm³/mol. The summed E-state index contributed by atoms with van der Waals surface area (Å²) in [7, 11) is 0. The Morgan fingerprint density at radius 1 is 1.00 bits per heavy atom. The first-order valence-corrected chi connectivity index (χ1v) is 8.48. The van der Waals surface area contributed by atoms with E-state index in [1.54, 1.807) is 0 Å². The van der Waals surface area contributed by atoms with Gasteiger partial charge in [-0.15, -0.1) is 0 Å². The van der Waals surface area contributed by atoms with Crippen LogP contribution in [0.4, 0.5) is 0 Å². The summed E-state index contributed by atoms with van der Waals surface area (Å²) in [5.41, 5.74) is 2.72. The zero-order valence-electron chi connectivity index (χ0n) is 12.6. The summed E-state index contributed by atoms with van der Waals surface area (Å²) in [6, 6.07) is 11.0. The second-order valence-electron chi connectivity index (χ2n) is 6.73. The molecule has 4 rings (SSSR count). The maximum Gasteiger partial charge on any atom is 0.0736 e. The van der Waals surface area contributed by atoms with E-state index >= 15 is 0 Å². The zero-order valence-corrected chi connectivity index (χ0v) is 12.6. The molecule has 0 spiro atoms. The van der Waals surface area contributed by atoms with Gasteiger partial charge in [0.25, 0.3) is 0 Å². The van der Waals surface area contributed by atoms with Crippen LogP contribution in [0, 0.1) is 11.8 Å². The molecule has 1 aromatic heterocycles. The van der Waals surface area contributed by atoms with E-state index in [0.717, 1.165) is 18.4 Å². The second-order valence-corrected chi connectivity index (χ2v) is 6.73. The number of benzene rings is 1. The van der Waals surface area contributed by atoms with Crippen molar-refractivity contribution < 1.29 is 0 Å². The highest BCUT2D eigenvalue weighted by molar-refractivity contribution is 5.82. The van der Waals surface area contributed by atoms with Gasteiger partial charge in [-0.05, 0) is 48.9 Å². The third-order valence-corrected chi connectivity index (χ3v) is 5.60. The molecule has 21 heavy (non-hydrogen) atoms. The standard InChI is InChI=1S/C19H24N2/c1-2-6-14(5-1)18-13-20-12-10-16(18)17-9-3-7-15-8-4-11-21-19(15)17/h3-4,7-9,11,14,16,18,20H,1-2,5-6,10,12-13H2. The molecule has 2 unspecified atom stereocenters. The number of nitrogens with zero attached hydrogens (tertiary/aromatic N) is 1. The minimum atomic E-state index is 0.688. The summed E-state index contributed by atoms with van der Waals surface area (Å²) >= 11 is 0. The maximum atomic E-state index is 4.70. The average Bonchev–Trinajstić information content (AvgIpc) is 3.09. The summed E-state index contributed by atoms with van der Waals surface area (Å²) in [6.07, 6.45) is 8.93. The SMILES string of the molecule is c1cnc2c(C3CCNCC3C3CCCC3)cccc2c1. The van der Waals surface area contributed by atoms with Crippen molar-refractivity contribution in [3.8, 4) is 0 Å². The van der Waals surface area contributed by atoms with Crippen LogP contribution in [0.25, 0.3) is 10.9 Å². The molecule has 0 radical (unpaired) electrons. The molecule has 0 amide bonds. The van der Waals surface area contributed by atoms with Crippen molar-refractivity contribution in [3.63, 3.8) is 0 Å². The number of pyridine rings is 1. The van der Waals surface area contributed by atoms with Gasteiger partial charge in [-0.25, -0.2) is 0 Å². The van der Waals surface area contributed by atoms with Gasteiger partial charge in [-0.2, -0.15) is 0 Å². The highest BCUT2D eigenvalue weighted by Gasteiger charge is 2.34. The van der Waals surface area contributed by atoms with Crippen LogP contribution in [0.15, 0.2) is 36.5 Å². The third-order valence-electron chi connectivity index (χ3n) is 5.60. The highest BCUT2D eigenvalue weighted by atomic mass is 14.9. The minimum Gasteiger partial charge on any atom is -0.316 e. The topological polar surface area (TPSA) is 24.9 Å². The Balaban J connectivity index is 1.74. The van der Waals surface area contributed by atoms with Crippen molar-refractivity contribution in [2.75, 3.05) is 13.1 Å². The number of hydrogen-bond donors (Lipinski definition) is 1. The first-order chi connectivity index (χ1) is 10.4. The Morgan fingerprint density at radius 3 is 2.76 bits per heavy atom. The number of rotatable bonds is 2. The lowest BCUT2D eigenvalue weighted by molar-refractivity contribution is 0.232. The first-order valence-electron chi connectivity index (χ1n) is 8.48. The summed E-state index contributed by atoms with van der Waals surface area (Å²) < 4.78 is 0. The molecule has 1 aliphatic heterocycles. The molecular weight excluding hydrogens is 256 g/mol. The van der Waals surface area contributed by atoms with Gasteiger partial charge in [0, 0.05) is 11.6 Å². The van der Waals surface area contributed by atoms with E-state index in [1.807, 2.05) is 12.3 Å². The molecule has 2 nitrogen and oxygen atoms in total. The number of nitrogens with one attached hydrogen (secondary N) is 1. The molecule has 2 atom stereocenters. The summed E-state index contributed by atoms with van der Waals surface area (Å²) in [6.45, 7) is 2.34. The summed E-state index contributed by atoms with van der Waals surface area (Å²) in [5, 5.41) is 4.93. The van der Waals surface area contributed by atoms with Crippen molar-refractivity contribution in [1.29, 1.82) is 0 Å². The van der Waals surface area contributed by atoms with Crippen LogP contribution in [-0.4, -0.2) is 18.1 Å². The largest absolute Gasteiger partial charge is 0.316 e. The lowest BCUT2D eigenvalue weighted by Gasteiger charge is -2.36. The van der Waals surface area contributed by atoms with Crippen molar-refractivity contribution in [3.05, 3.63) is 42.1 Å². The van der Waals surface area contributed by atoms with Gasteiger partial charge in [0.15, 0.2) is 0 Å². The van der Waals surface area contributed by atoms with E-state index in [2.05, 4.69) is 29.6 Å². The predicted octanol–water partition coefficient (Wildman–Crippen LogP) is 4.12. The Morgan fingerprint density at radius 2 is 1.86 bits per heavy atom. The van der Waals surface area contributed by atoms with Gasteiger partial charge < -0.3 is 5.32 Å². The molecule has 2 fully saturated rings. The Labute approximate surface area is 127 Å². The lowest BCUT2D eigenvalue weighted by Crippen LogP contribution is -2.38. The quantitative estimate of drug-likeness (QED) is 0.895. The molecule has 2 aliphatic rings. The Hall–Kier alpha value is -1.41. The molecule has 1 aliphatic carbocycles. The van der Waals surface area contributed by atoms with Crippen molar-refractivity contribution in [1.82, 2.24) is 10.3 Å². The van der Waals surface area contributed by atoms with E-state index in [9.17, 15) is 0 Å². The van der Waals surface area contributed by atoms with Crippen LogP contribution in [0.5, 0.6) is 0 Å². The smallest absolute Gasteiger partial charge is 0.0736 e. The summed E-state index contributed by atoms with van der Waals surface area (Å²) in [5.74, 6) is 2.41. The van der Waals surface area contributed by atoms with Gasteiger partial charge in [0.2, 0.25) is 0 Å². The molecule has 2 heterocycles. The molecule has 1 saturated carbocycles. The van der Waals surface area contributed by atoms with Gasteiger partial charge in [-0.1, -0.05) is 49.9 Å². The van der Waals surface area contributed by atoms with Gasteiger partial charge >= 0.3 is 0 Å². The molecule has 1 saturated heterocycles. The van der Waals surface area contributed by atoms with Crippen LogP contribution < -0.4 is 5.32 Å². The van der Waals surface area contributed by atoms with Crippen LogP contribution in [0.1, 0.15) is 43.6 Å². The van der Waals surface area contributed by atoms with Crippen LogP contribution >= 0.6 is 0 Å². The molecule has 1 aromatic carbocycles. The van der Waals surface area contributed by atoms with E-state index < -0.39 is 0 Å². The zero-order chi connectivity index (χ0) is 14.1. The fourth-order valence-electron chi connectivity index (χ4n) is 4.58. The Kier molecular flexibility index (Phi) is 3.64. The molecule has 0 bridgehead atoms. The fourth-order valence-corrected chi connectivity index (χ4v) is 4.58. The molecule has 110 valence electrons. The number of piperidine rings is 1. The second kappa shape index (κ2) is 5.76. The van der Waals surface area contributed by atoms with Crippen LogP contribution in [0.3, 0.4) is 0 Å². The van der Waals surface area contributed by atoms with Gasteiger partial charge in [-0.3, -0.25) is 4.98 Å². The first kappa shape index (κ1) is 13.3. The Bertz CT molecular complexity index is 610. The molecule has 2 heteroatoms. The number of fused-ring (bicyclic) bond motifs is 1. The monoisotopic (exact) mass is 280 g/mol. The van der Waals surface area contributed by atoms with E-state index in [-0.39, 0.29) is 0 Å². The fraction of sp³-hybridized carbons (Fsp3) is 0.526. The van der Waals surface area contributed by atoms with Gasteiger partial charge in [0.05, 0.1) is 5.52 Å². The van der Waals surface area contributed by atoms with Crippen molar-refractivity contribution in [2.24, 2.45) is 11.8 Å². The van der Waals surface area contributed by atoms with E-state index in [1.165, 1.54) is 55.1 Å². The highest BCUT2D eigenvalue weighted by Crippen LogP contribution is 2.43. The average molecular weight is 280 g/mol. The maximum absolute atomic E-state index is 4.70. The number of hydrogen-bond acceptors (Lipinski definition) is 2. The molecule has 2 aromatic rings. The normalized spacial score (nSPS) is 27.2. The van der Waals surface area contributed by atoms with E-state index in [0.29, 0.717) is 5.92 Å². The number of aromatic nitrogens is 1. The van der Waals surface area contributed by atoms with Crippen LogP contribution in [-0.2, 0) is 0 Å². The van der Waals surface area contributed by atoms with Crippen LogP contribution in [0.2, 0.25) is 0 Å². The minimum absolute atomic E-state index is 0.688. The molecule has 1 N–H and O–H groups in total. The van der Waals surface area contributed by atoms with Crippen molar-refractivity contribution >= 4 is 10.9 Å². The van der Waals surface area contributed by atoms with Crippen molar-refractivity contribution in [2.45, 2.75) is 38.0 Å². The molecular formula is C19H24N2. The number of para-hydroxylation sites is 1. The van der Waals surface area contributed by atoms with E-state index in [4.69, 9.17) is 4.98 Å². The summed E-state index contributed by atoms with van der Waals surface area (Å²) in [4.78, 5) is 4.70. The lowest BCUT2D eigenvalue weighted by atomic mass is 9.73. The van der Waals surface area contributed by atoms with Gasteiger partial charge in [0.1, 0.15) is 0 Å². The third kappa shape index (κ3) is 2.46.